The van der Waals surface area contributed by atoms with Crippen LogP contribution in [0.2, 0.25) is 0 Å². The number of halogens is 1. The Morgan fingerprint density at radius 1 is 1.03 bits per heavy atom. The molecule has 1 unspecified atom stereocenters. The summed E-state index contributed by atoms with van der Waals surface area (Å²) in [5, 5.41) is 12.7. The molecule has 2 aromatic carbocycles. The first-order chi connectivity index (χ1) is 17.0. The van der Waals surface area contributed by atoms with E-state index in [1.54, 1.807) is 12.1 Å². The molecule has 5 rings (SSSR count). The lowest BCUT2D eigenvalue weighted by Crippen LogP contribution is -2.56. The molecule has 7 nitrogen and oxygen atoms in total. The standard InChI is InChI=1S/C27H30FN5O2/c28-23-10-8-20(9-11-23)24-21(17-29-32-24)18-33-15-12-22(13-16-33)27(25(34)30-26(35)31-27)14-4-7-19-5-2-1-3-6-19/h1-3,5-6,8-11,17,22H,4,7,12-16,18H2,(H,29,32)(H2,30,31,34,35). The highest BCUT2D eigenvalue weighted by Crippen LogP contribution is 2.35. The van der Waals surface area contributed by atoms with Crippen LogP contribution in [0.25, 0.3) is 11.3 Å². The minimum absolute atomic E-state index is 0.0851. The number of rotatable bonds is 8. The molecule has 3 heterocycles. The predicted molar refractivity (Wildman–Crippen MR) is 131 cm³/mol. The summed E-state index contributed by atoms with van der Waals surface area (Å²) in [6, 6.07) is 16.2. The number of H-pyrrole nitrogens is 1. The smallest absolute Gasteiger partial charge is 0.322 e. The van der Waals surface area contributed by atoms with Gasteiger partial charge >= 0.3 is 6.03 Å². The molecule has 0 saturated carbocycles. The average Bonchev–Trinajstić information content (AvgIpc) is 3.44. The van der Waals surface area contributed by atoms with Crippen molar-refractivity contribution in [3.05, 3.63) is 77.7 Å². The van der Waals surface area contributed by atoms with Crippen molar-refractivity contribution in [1.29, 1.82) is 0 Å². The van der Waals surface area contributed by atoms with E-state index in [1.165, 1.54) is 17.7 Å². The van der Waals surface area contributed by atoms with Gasteiger partial charge in [0.25, 0.3) is 5.91 Å². The summed E-state index contributed by atoms with van der Waals surface area (Å²) < 4.78 is 13.3. The zero-order chi connectivity index (χ0) is 24.3. The monoisotopic (exact) mass is 475 g/mol. The van der Waals surface area contributed by atoms with Crippen molar-refractivity contribution >= 4 is 11.9 Å². The Labute approximate surface area is 204 Å². The number of carbonyl (C=O) groups is 2. The van der Waals surface area contributed by atoms with Crippen LogP contribution in [0.4, 0.5) is 9.18 Å². The number of benzene rings is 2. The largest absolute Gasteiger partial charge is 0.323 e. The first-order valence-electron chi connectivity index (χ1n) is 12.2. The van der Waals surface area contributed by atoms with Crippen molar-refractivity contribution in [2.75, 3.05) is 13.1 Å². The third-order valence-corrected chi connectivity index (χ3v) is 7.38. The number of aromatic nitrogens is 2. The number of imide groups is 1. The van der Waals surface area contributed by atoms with Crippen molar-refractivity contribution in [2.24, 2.45) is 5.92 Å². The Morgan fingerprint density at radius 2 is 1.77 bits per heavy atom. The van der Waals surface area contributed by atoms with Gasteiger partial charge in [-0.2, -0.15) is 5.10 Å². The topological polar surface area (TPSA) is 90.1 Å². The first-order valence-corrected chi connectivity index (χ1v) is 12.2. The summed E-state index contributed by atoms with van der Waals surface area (Å²) in [6.45, 7) is 2.36. The number of aryl methyl sites for hydroxylation is 1. The summed E-state index contributed by atoms with van der Waals surface area (Å²) in [5.41, 5.74) is 3.25. The molecule has 3 aromatic rings. The molecule has 2 fully saturated rings. The molecular weight excluding hydrogens is 445 g/mol. The number of carbonyl (C=O) groups excluding carboxylic acids is 2. The number of amides is 3. The van der Waals surface area contributed by atoms with E-state index < -0.39 is 5.54 Å². The average molecular weight is 476 g/mol. The van der Waals surface area contributed by atoms with Gasteiger partial charge in [0.1, 0.15) is 11.4 Å². The summed E-state index contributed by atoms with van der Waals surface area (Å²) in [4.78, 5) is 27.4. The van der Waals surface area contributed by atoms with Crippen LogP contribution in [0.5, 0.6) is 0 Å². The van der Waals surface area contributed by atoms with Crippen LogP contribution in [0.3, 0.4) is 0 Å². The molecule has 2 saturated heterocycles. The number of nitrogens with one attached hydrogen (secondary N) is 3. The fraction of sp³-hybridized carbons (Fsp3) is 0.370. The highest BCUT2D eigenvalue weighted by Gasteiger charge is 2.51. The molecule has 0 bridgehead atoms. The van der Waals surface area contributed by atoms with E-state index in [0.29, 0.717) is 6.42 Å². The van der Waals surface area contributed by atoms with E-state index in [4.69, 9.17) is 0 Å². The zero-order valence-electron chi connectivity index (χ0n) is 19.6. The Kier molecular flexibility index (Phi) is 6.63. The summed E-state index contributed by atoms with van der Waals surface area (Å²) >= 11 is 0. The van der Waals surface area contributed by atoms with Gasteiger partial charge < -0.3 is 5.32 Å². The quantitative estimate of drug-likeness (QED) is 0.429. The molecule has 35 heavy (non-hydrogen) atoms. The molecule has 2 aliphatic rings. The van der Waals surface area contributed by atoms with E-state index in [-0.39, 0.29) is 23.7 Å². The second kappa shape index (κ2) is 10.00. The van der Waals surface area contributed by atoms with Crippen LogP contribution in [0.1, 0.15) is 36.8 Å². The molecule has 1 atom stereocenters. The minimum atomic E-state index is -0.840. The van der Waals surface area contributed by atoms with Crippen LogP contribution in [0.15, 0.2) is 60.8 Å². The normalized spacial score (nSPS) is 21.2. The van der Waals surface area contributed by atoms with Crippen LogP contribution < -0.4 is 10.6 Å². The fourth-order valence-corrected chi connectivity index (χ4v) is 5.51. The highest BCUT2D eigenvalue weighted by molar-refractivity contribution is 6.07. The van der Waals surface area contributed by atoms with E-state index >= 15 is 0 Å². The number of hydrogen-bond donors (Lipinski definition) is 3. The van der Waals surface area contributed by atoms with Gasteiger partial charge in [-0.25, -0.2) is 9.18 Å². The van der Waals surface area contributed by atoms with Gasteiger partial charge in [-0.1, -0.05) is 30.3 Å². The summed E-state index contributed by atoms with van der Waals surface area (Å²) in [6.07, 6.45) is 5.79. The van der Waals surface area contributed by atoms with Crippen molar-refractivity contribution in [2.45, 2.75) is 44.2 Å². The lowest BCUT2D eigenvalue weighted by Gasteiger charge is -2.40. The van der Waals surface area contributed by atoms with E-state index in [1.807, 2.05) is 24.4 Å². The van der Waals surface area contributed by atoms with E-state index in [9.17, 15) is 14.0 Å². The third-order valence-electron chi connectivity index (χ3n) is 7.38. The first kappa shape index (κ1) is 23.2. The number of aromatic amines is 1. The Hall–Kier alpha value is -3.52. The van der Waals surface area contributed by atoms with E-state index in [0.717, 1.165) is 62.1 Å². The van der Waals surface area contributed by atoms with Gasteiger partial charge in [-0.3, -0.25) is 20.1 Å². The maximum absolute atomic E-state index is 13.3. The van der Waals surface area contributed by atoms with Crippen LogP contribution >= 0.6 is 0 Å². The number of piperidine rings is 1. The Balaban J connectivity index is 1.22. The lowest BCUT2D eigenvalue weighted by atomic mass is 9.74. The second-order valence-electron chi connectivity index (χ2n) is 9.55. The fourth-order valence-electron chi connectivity index (χ4n) is 5.51. The van der Waals surface area contributed by atoms with E-state index in [2.05, 4.69) is 37.9 Å². The summed E-state index contributed by atoms with van der Waals surface area (Å²) in [5.74, 6) is -0.373. The maximum atomic E-state index is 13.3. The summed E-state index contributed by atoms with van der Waals surface area (Å²) in [7, 11) is 0. The third kappa shape index (κ3) is 4.98. The van der Waals surface area contributed by atoms with Crippen LogP contribution in [0, 0.1) is 11.7 Å². The van der Waals surface area contributed by atoms with Gasteiger partial charge in [-0.15, -0.1) is 0 Å². The Morgan fingerprint density at radius 3 is 2.46 bits per heavy atom. The van der Waals surface area contributed by atoms with Crippen molar-refractivity contribution < 1.29 is 14.0 Å². The van der Waals surface area contributed by atoms with Gasteiger partial charge in [0, 0.05) is 17.7 Å². The molecule has 0 aliphatic carbocycles. The zero-order valence-corrected chi connectivity index (χ0v) is 19.6. The van der Waals surface area contributed by atoms with Gasteiger partial charge in [0.05, 0.1) is 11.9 Å². The molecule has 0 radical (unpaired) electrons. The molecule has 2 aliphatic heterocycles. The number of nitrogens with zero attached hydrogens (tertiary/aromatic N) is 2. The van der Waals surface area contributed by atoms with Gasteiger partial charge in [0.2, 0.25) is 0 Å². The predicted octanol–water partition coefficient (Wildman–Crippen LogP) is 4.03. The number of likely N-dealkylation sites (tertiary alicyclic amines) is 1. The Bertz CT molecular complexity index is 1170. The molecular formula is C27H30FN5O2. The number of hydrogen-bond acceptors (Lipinski definition) is 4. The SMILES string of the molecule is O=C1NC(=O)C(CCCc2ccccc2)(C2CCN(Cc3cn[nH]c3-c3ccc(F)cc3)CC2)N1. The van der Waals surface area contributed by atoms with Gasteiger partial charge in [0.15, 0.2) is 0 Å². The molecule has 3 amide bonds. The number of urea groups is 1. The molecule has 1 aromatic heterocycles. The second-order valence-corrected chi connectivity index (χ2v) is 9.55. The molecule has 0 spiro atoms. The maximum Gasteiger partial charge on any atom is 0.322 e. The minimum Gasteiger partial charge on any atom is -0.323 e. The molecule has 8 heteroatoms. The van der Waals surface area contributed by atoms with Gasteiger partial charge in [-0.05, 0) is 80.9 Å². The van der Waals surface area contributed by atoms with Crippen molar-refractivity contribution in [3.63, 3.8) is 0 Å². The van der Waals surface area contributed by atoms with Crippen molar-refractivity contribution in [3.8, 4) is 11.3 Å². The molecule has 3 N–H and O–H groups in total. The van der Waals surface area contributed by atoms with Crippen LogP contribution in [-0.4, -0.2) is 45.7 Å². The van der Waals surface area contributed by atoms with Crippen LogP contribution in [-0.2, 0) is 17.8 Å². The van der Waals surface area contributed by atoms with Crippen molar-refractivity contribution in [1.82, 2.24) is 25.7 Å². The molecule has 182 valence electrons. The lowest BCUT2D eigenvalue weighted by molar-refractivity contribution is -0.127. The highest BCUT2D eigenvalue weighted by atomic mass is 19.1.